The average Bonchev–Trinajstić information content (AvgIpc) is 2.67. The fraction of sp³-hybridized carbons (Fsp3) is 0.0455. The molecule has 3 aromatic carbocycles. The molecule has 0 saturated carbocycles. The molecule has 0 aliphatic carbocycles. The number of hydrogen-bond donors (Lipinski definition) is 0. The van der Waals surface area contributed by atoms with E-state index in [1.54, 1.807) is 48.5 Å². The zero-order valence-corrected chi connectivity index (χ0v) is 13.8. The van der Waals surface area contributed by atoms with Gasteiger partial charge in [-0.05, 0) is 35.9 Å². The average molecular weight is 347 g/mol. The summed E-state index contributed by atoms with van der Waals surface area (Å²) in [5, 5.41) is 9.43. The third-order valence-corrected chi connectivity index (χ3v) is 3.81. The molecule has 0 aliphatic heterocycles. The van der Waals surface area contributed by atoms with Crippen molar-refractivity contribution in [3.05, 3.63) is 101 Å². The highest BCUT2D eigenvalue weighted by Crippen LogP contribution is 2.26. The zero-order chi connectivity index (χ0) is 18.4. The lowest BCUT2D eigenvalue weighted by molar-refractivity contribution is 0.305. The van der Waals surface area contributed by atoms with Crippen LogP contribution in [0.2, 0.25) is 0 Å². The molecular weight excluding hydrogens is 332 g/mol. The molecule has 0 aliphatic rings. The van der Waals surface area contributed by atoms with Crippen molar-refractivity contribution in [1.82, 2.24) is 0 Å². The van der Waals surface area contributed by atoms with E-state index in [4.69, 9.17) is 4.74 Å². The Hall–Kier alpha value is -3.45. The van der Waals surface area contributed by atoms with E-state index in [9.17, 15) is 14.0 Å². The van der Waals surface area contributed by atoms with E-state index < -0.39 is 5.82 Å². The summed E-state index contributed by atoms with van der Waals surface area (Å²) in [7, 11) is 0. The second kappa shape index (κ2) is 8.09. The molecule has 0 spiro atoms. The van der Waals surface area contributed by atoms with Gasteiger partial charge in [0.15, 0.2) is 0 Å². The van der Waals surface area contributed by atoms with E-state index in [2.05, 4.69) is 0 Å². The van der Waals surface area contributed by atoms with Gasteiger partial charge < -0.3 is 4.74 Å². The van der Waals surface area contributed by atoms with Gasteiger partial charge in [0.05, 0.1) is 11.6 Å². The monoisotopic (exact) mass is 347 g/mol. The molecule has 0 unspecified atom stereocenters. The highest BCUT2D eigenvalue weighted by Gasteiger charge is 2.09. The van der Waals surface area contributed by atoms with Crippen LogP contribution in [-0.2, 0) is 6.61 Å². The number of ether oxygens (including phenoxy) is 1. The van der Waals surface area contributed by atoms with E-state index in [0.29, 0.717) is 11.3 Å². The van der Waals surface area contributed by atoms with Crippen LogP contribution in [-0.4, -0.2) is 0 Å². The molecule has 0 heterocycles. The number of hydrogen-bond acceptors (Lipinski definition) is 2. The summed E-state index contributed by atoms with van der Waals surface area (Å²) < 4.78 is 32.8. The minimum atomic E-state index is -0.454. The van der Waals surface area contributed by atoms with Gasteiger partial charge in [0, 0.05) is 11.1 Å². The molecule has 0 bridgehead atoms. The van der Waals surface area contributed by atoms with Crippen molar-refractivity contribution < 1.29 is 13.5 Å². The summed E-state index contributed by atoms with van der Waals surface area (Å²) in [6.07, 6.45) is 1.60. The molecule has 0 N–H and O–H groups in total. The molecule has 0 saturated heterocycles. The third-order valence-electron chi connectivity index (χ3n) is 3.81. The molecule has 128 valence electrons. The van der Waals surface area contributed by atoms with Crippen molar-refractivity contribution >= 4 is 11.6 Å². The van der Waals surface area contributed by atoms with Crippen molar-refractivity contribution in [1.29, 1.82) is 5.26 Å². The Bertz CT molecular complexity index is 972. The highest BCUT2D eigenvalue weighted by molar-refractivity contribution is 5.90. The Morgan fingerprint density at radius 3 is 2.35 bits per heavy atom. The van der Waals surface area contributed by atoms with Crippen molar-refractivity contribution in [2.45, 2.75) is 6.61 Å². The maximum absolute atomic E-state index is 14.0. The highest BCUT2D eigenvalue weighted by atomic mass is 19.1. The fourth-order valence-electron chi connectivity index (χ4n) is 2.48. The predicted octanol–water partition coefficient (Wildman–Crippen LogP) is 5.61. The maximum Gasteiger partial charge on any atom is 0.131 e. The summed E-state index contributed by atoms with van der Waals surface area (Å²) in [4.78, 5) is 0. The number of benzene rings is 3. The molecule has 0 radical (unpaired) electrons. The number of halogens is 2. The van der Waals surface area contributed by atoms with Gasteiger partial charge in [-0.15, -0.1) is 0 Å². The Labute approximate surface area is 150 Å². The van der Waals surface area contributed by atoms with Crippen molar-refractivity contribution in [3.8, 4) is 11.8 Å². The summed E-state index contributed by atoms with van der Waals surface area (Å²) in [6, 6.07) is 21.4. The second-order valence-electron chi connectivity index (χ2n) is 5.60. The maximum atomic E-state index is 14.0. The molecule has 0 aromatic heterocycles. The van der Waals surface area contributed by atoms with Crippen LogP contribution < -0.4 is 4.74 Å². The minimum absolute atomic E-state index is 0.209. The molecule has 0 fully saturated rings. The number of rotatable bonds is 5. The normalized spacial score (nSPS) is 11.0. The Morgan fingerprint density at radius 1 is 0.923 bits per heavy atom. The van der Waals surface area contributed by atoms with Crippen LogP contribution in [0.1, 0.15) is 16.7 Å². The van der Waals surface area contributed by atoms with Gasteiger partial charge in [0.25, 0.3) is 0 Å². The van der Waals surface area contributed by atoms with Crippen molar-refractivity contribution in [3.63, 3.8) is 0 Å². The first-order chi connectivity index (χ1) is 12.7. The molecule has 2 nitrogen and oxygen atoms in total. The third kappa shape index (κ3) is 4.14. The van der Waals surface area contributed by atoms with Crippen LogP contribution in [0, 0.1) is 23.0 Å². The first kappa shape index (κ1) is 17.4. The lowest BCUT2D eigenvalue weighted by atomic mass is 10.0. The van der Waals surface area contributed by atoms with Gasteiger partial charge in [0.1, 0.15) is 24.0 Å². The Balaban J connectivity index is 1.87. The van der Waals surface area contributed by atoms with E-state index >= 15 is 0 Å². The van der Waals surface area contributed by atoms with E-state index in [-0.39, 0.29) is 23.6 Å². The zero-order valence-electron chi connectivity index (χ0n) is 13.8. The smallest absolute Gasteiger partial charge is 0.131 e. The lowest BCUT2D eigenvalue weighted by Gasteiger charge is -2.10. The van der Waals surface area contributed by atoms with E-state index in [1.807, 2.05) is 18.2 Å². The number of nitriles is 1. The minimum Gasteiger partial charge on any atom is -0.488 e. The van der Waals surface area contributed by atoms with Crippen molar-refractivity contribution in [2.24, 2.45) is 0 Å². The molecule has 4 heteroatoms. The molecule has 26 heavy (non-hydrogen) atoms. The first-order valence-electron chi connectivity index (χ1n) is 8.00. The van der Waals surface area contributed by atoms with Crippen LogP contribution in [0.25, 0.3) is 11.6 Å². The molecule has 3 rings (SSSR count). The van der Waals surface area contributed by atoms with Crippen molar-refractivity contribution in [2.75, 3.05) is 0 Å². The van der Waals surface area contributed by atoms with Crippen LogP contribution in [0.3, 0.4) is 0 Å². The quantitative estimate of drug-likeness (QED) is 0.444. The van der Waals surface area contributed by atoms with Gasteiger partial charge in [-0.2, -0.15) is 5.26 Å². The van der Waals surface area contributed by atoms with Crippen LogP contribution in [0.5, 0.6) is 5.75 Å². The standard InChI is InChI=1S/C22H15F2NO/c23-19-11-9-16(10-12-19)15-26-22-8-4-1-5-17(22)13-18(14-25)20-6-2-3-7-21(20)24/h1-13H,15H2/b18-13-. The second-order valence-corrected chi connectivity index (χ2v) is 5.60. The largest absolute Gasteiger partial charge is 0.488 e. The molecule has 3 aromatic rings. The lowest BCUT2D eigenvalue weighted by Crippen LogP contribution is -1.97. The van der Waals surface area contributed by atoms with Gasteiger partial charge in [-0.1, -0.05) is 48.5 Å². The summed E-state index contributed by atoms with van der Waals surface area (Å²) in [6.45, 7) is 0.257. The Morgan fingerprint density at radius 2 is 1.62 bits per heavy atom. The topological polar surface area (TPSA) is 33.0 Å². The molecule has 0 atom stereocenters. The number of allylic oxidation sites excluding steroid dienone is 1. The van der Waals surface area contributed by atoms with Gasteiger partial charge in [0.2, 0.25) is 0 Å². The van der Waals surface area contributed by atoms with Crippen LogP contribution in [0.4, 0.5) is 8.78 Å². The summed E-state index contributed by atoms with van der Waals surface area (Å²) in [5.74, 6) is -0.202. The van der Waals surface area contributed by atoms with Gasteiger partial charge in [-0.3, -0.25) is 0 Å². The summed E-state index contributed by atoms with van der Waals surface area (Å²) >= 11 is 0. The van der Waals surface area contributed by atoms with Gasteiger partial charge in [-0.25, -0.2) is 8.78 Å². The van der Waals surface area contributed by atoms with Crippen LogP contribution >= 0.6 is 0 Å². The molecule has 0 amide bonds. The SMILES string of the molecule is N#C/C(=C/c1ccccc1OCc1ccc(F)cc1)c1ccccc1F. The predicted molar refractivity (Wildman–Crippen MR) is 97.1 cm³/mol. The van der Waals surface area contributed by atoms with E-state index in [1.165, 1.54) is 18.2 Å². The molecular formula is C22H15F2NO. The fourth-order valence-corrected chi connectivity index (χ4v) is 2.48. The number of nitrogens with zero attached hydrogens (tertiary/aromatic N) is 1. The Kier molecular flexibility index (Phi) is 5.40. The van der Waals surface area contributed by atoms with Crippen LogP contribution in [0.15, 0.2) is 72.8 Å². The van der Waals surface area contributed by atoms with Gasteiger partial charge >= 0.3 is 0 Å². The number of para-hydroxylation sites is 1. The first-order valence-corrected chi connectivity index (χ1v) is 8.00. The summed E-state index contributed by atoms with van der Waals surface area (Å²) in [5.41, 5.74) is 1.93. The van der Waals surface area contributed by atoms with E-state index in [0.717, 1.165) is 5.56 Å².